The molecule has 13 heavy (non-hydrogen) atoms. The van der Waals surface area contributed by atoms with Crippen LogP contribution in [0.15, 0.2) is 0 Å². The molecule has 3 heteroatoms. The highest BCUT2D eigenvalue weighted by molar-refractivity contribution is 9.08. The molecular weight excluding hydrogens is 230 g/mol. The van der Waals surface area contributed by atoms with Crippen molar-refractivity contribution < 1.29 is 4.79 Å². The predicted molar refractivity (Wildman–Crippen MR) is 60.4 cm³/mol. The molecule has 1 aliphatic heterocycles. The van der Waals surface area contributed by atoms with E-state index in [0.29, 0.717) is 18.6 Å². The third kappa shape index (κ3) is 4.77. The fraction of sp³-hybridized carbons (Fsp3) is 0.900. The Morgan fingerprint density at radius 1 is 1.08 bits per heavy atom. The topological polar surface area (TPSA) is 29.1 Å². The van der Waals surface area contributed by atoms with Crippen LogP contribution >= 0.6 is 15.9 Å². The summed E-state index contributed by atoms with van der Waals surface area (Å²) in [5.41, 5.74) is -0.0301. The van der Waals surface area contributed by atoms with E-state index in [0.717, 1.165) is 0 Å². The van der Waals surface area contributed by atoms with Crippen LogP contribution in [0.2, 0.25) is 0 Å². The maximum atomic E-state index is 11.3. The van der Waals surface area contributed by atoms with E-state index in [1.54, 1.807) is 0 Å². The fourth-order valence-corrected chi connectivity index (χ4v) is 2.05. The molecule has 0 radical (unpaired) electrons. The van der Waals surface area contributed by atoms with Gasteiger partial charge < -0.3 is 5.32 Å². The SMILES string of the molecule is CBr.CC1(C)CC(=O)CC(C)(C)N1. The number of nitrogens with one attached hydrogen (secondary N) is 1. The Balaban J connectivity index is 0.000000671. The molecule has 1 saturated heterocycles. The summed E-state index contributed by atoms with van der Waals surface area (Å²) in [5.74, 6) is 2.19. The van der Waals surface area contributed by atoms with Gasteiger partial charge in [0.1, 0.15) is 5.78 Å². The Morgan fingerprint density at radius 3 is 1.62 bits per heavy atom. The Labute approximate surface area is 89.6 Å². The third-order valence-corrected chi connectivity index (χ3v) is 1.95. The normalized spacial score (nSPS) is 24.6. The summed E-state index contributed by atoms with van der Waals surface area (Å²) in [6.07, 6.45) is 1.33. The van der Waals surface area contributed by atoms with E-state index in [4.69, 9.17) is 0 Å². The highest BCUT2D eigenvalue weighted by Gasteiger charge is 2.36. The van der Waals surface area contributed by atoms with Gasteiger partial charge in [0.15, 0.2) is 0 Å². The van der Waals surface area contributed by atoms with Crippen LogP contribution in [0.5, 0.6) is 0 Å². The van der Waals surface area contributed by atoms with Crippen LogP contribution in [0.1, 0.15) is 40.5 Å². The van der Waals surface area contributed by atoms with E-state index in [-0.39, 0.29) is 11.1 Å². The number of rotatable bonds is 0. The maximum absolute atomic E-state index is 11.3. The fourth-order valence-electron chi connectivity index (χ4n) is 2.05. The standard InChI is InChI=1S/C9H17NO.CH3Br/c1-8(2)5-7(11)6-9(3,4)10-8;1-2/h10H,5-6H2,1-4H3;1H3. The molecule has 2 nitrogen and oxygen atoms in total. The Kier molecular flexibility index (Phi) is 4.60. The summed E-state index contributed by atoms with van der Waals surface area (Å²) in [6, 6.07) is 0. The summed E-state index contributed by atoms with van der Waals surface area (Å²) >= 11 is 2.94. The minimum Gasteiger partial charge on any atom is -0.306 e. The number of Topliss-reactive ketones (excluding diaryl/α,β-unsaturated/α-hetero) is 1. The van der Waals surface area contributed by atoms with Gasteiger partial charge in [-0.3, -0.25) is 4.79 Å². The number of piperidine rings is 1. The van der Waals surface area contributed by atoms with Gasteiger partial charge in [-0.05, 0) is 33.5 Å². The molecule has 0 aromatic heterocycles. The highest BCUT2D eigenvalue weighted by atomic mass is 79.9. The molecule has 1 N–H and O–H groups in total. The second kappa shape index (κ2) is 4.56. The first-order valence-corrected chi connectivity index (χ1v) is 6.08. The first-order chi connectivity index (χ1) is 5.81. The van der Waals surface area contributed by atoms with E-state index in [1.807, 2.05) is 5.83 Å². The lowest BCUT2D eigenvalue weighted by atomic mass is 9.82. The average molecular weight is 250 g/mol. The molecule has 1 heterocycles. The zero-order valence-electron chi connectivity index (χ0n) is 9.20. The van der Waals surface area contributed by atoms with Gasteiger partial charge in [0.05, 0.1) is 0 Å². The van der Waals surface area contributed by atoms with Crippen LogP contribution in [0.25, 0.3) is 0 Å². The van der Waals surface area contributed by atoms with Crippen molar-refractivity contribution in [3.05, 3.63) is 0 Å². The zero-order chi connectivity index (χ0) is 10.7. The van der Waals surface area contributed by atoms with Gasteiger partial charge in [-0.25, -0.2) is 0 Å². The van der Waals surface area contributed by atoms with Crippen molar-refractivity contribution in [3.8, 4) is 0 Å². The number of hydrogen-bond donors (Lipinski definition) is 1. The van der Waals surface area contributed by atoms with Gasteiger partial charge in [0.2, 0.25) is 0 Å². The summed E-state index contributed by atoms with van der Waals surface area (Å²) in [7, 11) is 0. The zero-order valence-corrected chi connectivity index (χ0v) is 10.8. The van der Waals surface area contributed by atoms with Gasteiger partial charge >= 0.3 is 0 Å². The summed E-state index contributed by atoms with van der Waals surface area (Å²) in [6.45, 7) is 8.30. The second-order valence-corrected chi connectivity index (χ2v) is 4.78. The lowest BCUT2D eigenvalue weighted by Crippen LogP contribution is -2.58. The maximum Gasteiger partial charge on any atom is 0.136 e. The summed E-state index contributed by atoms with van der Waals surface area (Å²) in [4.78, 5) is 11.3. The second-order valence-electron chi connectivity index (χ2n) is 4.78. The lowest BCUT2D eigenvalue weighted by Gasteiger charge is -2.41. The van der Waals surface area contributed by atoms with E-state index < -0.39 is 0 Å². The molecule has 0 saturated carbocycles. The molecule has 0 aromatic carbocycles. The van der Waals surface area contributed by atoms with Crippen molar-refractivity contribution in [1.82, 2.24) is 5.32 Å². The average Bonchev–Trinajstić information content (AvgIpc) is 1.82. The number of carbonyl (C=O) groups excluding carboxylic acids is 1. The molecule has 1 aliphatic rings. The van der Waals surface area contributed by atoms with Crippen LogP contribution in [-0.4, -0.2) is 22.7 Å². The quantitative estimate of drug-likeness (QED) is 0.669. The molecule has 0 aromatic rings. The van der Waals surface area contributed by atoms with Crippen molar-refractivity contribution in [3.63, 3.8) is 0 Å². The van der Waals surface area contributed by atoms with Crippen molar-refractivity contribution in [1.29, 1.82) is 0 Å². The first-order valence-electron chi connectivity index (χ1n) is 4.50. The van der Waals surface area contributed by atoms with Crippen LogP contribution in [-0.2, 0) is 4.79 Å². The molecular formula is C10H20BrNO. The minimum absolute atomic E-state index is 0.0150. The molecule has 0 unspecified atom stereocenters. The smallest absolute Gasteiger partial charge is 0.136 e. The van der Waals surface area contributed by atoms with Gasteiger partial charge in [-0.1, -0.05) is 15.9 Å². The highest BCUT2D eigenvalue weighted by Crippen LogP contribution is 2.25. The van der Waals surface area contributed by atoms with Crippen molar-refractivity contribution in [2.24, 2.45) is 0 Å². The predicted octanol–water partition coefficient (Wildman–Crippen LogP) is 2.51. The molecule has 1 fully saturated rings. The molecule has 0 aliphatic carbocycles. The molecule has 0 bridgehead atoms. The molecule has 0 amide bonds. The number of carbonyl (C=O) groups is 1. The monoisotopic (exact) mass is 249 g/mol. The molecule has 1 rings (SSSR count). The Bertz CT molecular complexity index is 169. The van der Waals surface area contributed by atoms with Gasteiger partial charge in [0, 0.05) is 23.9 Å². The van der Waals surface area contributed by atoms with Crippen molar-refractivity contribution in [2.75, 3.05) is 5.83 Å². The summed E-state index contributed by atoms with van der Waals surface area (Å²) < 4.78 is 0. The van der Waals surface area contributed by atoms with E-state index >= 15 is 0 Å². The molecule has 78 valence electrons. The molecule has 0 spiro atoms. The van der Waals surface area contributed by atoms with E-state index in [1.165, 1.54) is 0 Å². The number of hydrogen-bond acceptors (Lipinski definition) is 2. The lowest BCUT2D eigenvalue weighted by molar-refractivity contribution is -0.124. The number of alkyl halides is 1. The number of ketones is 1. The Morgan fingerprint density at radius 2 is 1.38 bits per heavy atom. The van der Waals surface area contributed by atoms with E-state index in [2.05, 4.69) is 48.9 Å². The van der Waals surface area contributed by atoms with Crippen LogP contribution < -0.4 is 5.32 Å². The number of halogens is 1. The first kappa shape index (κ1) is 13.1. The van der Waals surface area contributed by atoms with Crippen molar-refractivity contribution >= 4 is 21.7 Å². The van der Waals surface area contributed by atoms with Gasteiger partial charge in [0.25, 0.3) is 0 Å². The minimum atomic E-state index is -0.0150. The third-order valence-electron chi connectivity index (χ3n) is 1.95. The van der Waals surface area contributed by atoms with Crippen LogP contribution in [0.4, 0.5) is 0 Å². The Hall–Kier alpha value is 0.110. The van der Waals surface area contributed by atoms with Gasteiger partial charge in [-0.15, -0.1) is 0 Å². The molecule has 0 atom stereocenters. The van der Waals surface area contributed by atoms with E-state index in [9.17, 15) is 4.79 Å². The van der Waals surface area contributed by atoms with Gasteiger partial charge in [-0.2, -0.15) is 0 Å². The summed E-state index contributed by atoms with van der Waals surface area (Å²) in [5, 5.41) is 3.44. The largest absolute Gasteiger partial charge is 0.306 e. The van der Waals surface area contributed by atoms with Crippen LogP contribution in [0.3, 0.4) is 0 Å². The van der Waals surface area contributed by atoms with Crippen LogP contribution in [0, 0.1) is 0 Å². The van der Waals surface area contributed by atoms with Crippen molar-refractivity contribution in [2.45, 2.75) is 51.6 Å².